The Bertz CT molecular complexity index is 161. The summed E-state index contributed by atoms with van der Waals surface area (Å²) in [5, 5.41) is 5.76. The lowest BCUT2D eigenvalue weighted by atomic mass is 9.87. The number of rotatable bonds is 0. The van der Waals surface area contributed by atoms with E-state index >= 15 is 0 Å². The van der Waals surface area contributed by atoms with E-state index in [4.69, 9.17) is 0 Å². The van der Waals surface area contributed by atoms with Crippen molar-refractivity contribution >= 4 is 0 Å². The van der Waals surface area contributed by atoms with Crippen molar-refractivity contribution in [2.75, 3.05) is 26.2 Å². The molecule has 2 rings (SSSR count). The largest absolute Gasteiger partial charge is 0.316 e. The highest BCUT2D eigenvalue weighted by molar-refractivity contribution is 4.96. The van der Waals surface area contributed by atoms with Crippen LogP contribution in [0.2, 0.25) is 0 Å². The number of alkyl halides is 2. The zero-order valence-electron chi connectivity index (χ0n) is 6.24. The number of piperidine rings is 1. The molecule has 2 heterocycles. The van der Waals surface area contributed by atoms with Crippen LogP contribution in [0.1, 0.15) is 0 Å². The predicted molar refractivity (Wildman–Crippen MR) is 37.7 cm³/mol. The SMILES string of the molecule is FC1(F)CNC[C@@H]2CNC[C@@H]21. The van der Waals surface area contributed by atoms with Gasteiger partial charge >= 0.3 is 0 Å². The fourth-order valence-electron chi connectivity index (χ4n) is 2.00. The van der Waals surface area contributed by atoms with E-state index in [2.05, 4.69) is 10.6 Å². The van der Waals surface area contributed by atoms with Gasteiger partial charge in [-0.2, -0.15) is 0 Å². The molecule has 2 fully saturated rings. The van der Waals surface area contributed by atoms with Crippen LogP contribution in [0.4, 0.5) is 8.78 Å². The summed E-state index contributed by atoms with van der Waals surface area (Å²) in [4.78, 5) is 0. The second kappa shape index (κ2) is 2.38. The summed E-state index contributed by atoms with van der Waals surface area (Å²) in [7, 11) is 0. The predicted octanol–water partition coefficient (Wildman–Crippen LogP) is 0.0605. The highest BCUT2D eigenvalue weighted by Crippen LogP contribution is 2.34. The quantitative estimate of drug-likeness (QED) is 0.526. The first kappa shape index (κ1) is 7.43. The van der Waals surface area contributed by atoms with Gasteiger partial charge in [-0.3, -0.25) is 0 Å². The van der Waals surface area contributed by atoms with E-state index < -0.39 is 11.8 Å². The van der Waals surface area contributed by atoms with Crippen LogP contribution < -0.4 is 10.6 Å². The van der Waals surface area contributed by atoms with Crippen LogP contribution in [0, 0.1) is 11.8 Å². The standard InChI is InChI=1S/C7H12F2N2/c8-7(9)4-11-2-5-1-10-3-6(5)7/h5-6,10-11H,1-4H2/t5-,6-/m0/s1. The van der Waals surface area contributed by atoms with Crippen LogP contribution >= 0.6 is 0 Å². The molecular weight excluding hydrogens is 150 g/mol. The van der Waals surface area contributed by atoms with Crippen molar-refractivity contribution in [1.29, 1.82) is 0 Å². The zero-order valence-corrected chi connectivity index (χ0v) is 6.24. The Balaban J connectivity index is 2.13. The van der Waals surface area contributed by atoms with Gasteiger partial charge in [0.1, 0.15) is 0 Å². The molecule has 0 aromatic carbocycles. The van der Waals surface area contributed by atoms with Crippen LogP contribution in [-0.4, -0.2) is 32.1 Å². The molecule has 4 heteroatoms. The average molecular weight is 162 g/mol. The summed E-state index contributed by atoms with van der Waals surface area (Å²) in [5.41, 5.74) is 0. The molecule has 2 N–H and O–H groups in total. The Hall–Kier alpha value is -0.220. The van der Waals surface area contributed by atoms with E-state index in [-0.39, 0.29) is 12.5 Å². The maximum atomic E-state index is 13.1. The van der Waals surface area contributed by atoms with Gasteiger partial charge in [0, 0.05) is 12.5 Å². The van der Waals surface area contributed by atoms with Gasteiger partial charge < -0.3 is 10.6 Å². The number of fused-ring (bicyclic) bond motifs is 1. The minimum Gasteiger partial charge on any atom is -0.316 e. The molecule has 0 aliphatic carbocycles. The van der Waals surface area contributed by atoms with E-state index in [0.717, 1.165) is 13.1 Å². The molecule has 0 bridgehead atoms. The van der Waals surface area contributed by atoms with Crippen LogP contribution in [0.5, 0.6) is 0 Å². The molecule has 2 aliphatic rings. The smallest absolute Gasteiger partial charge is 0.264 e. The molecule has 0 saturated carbocycles. The molecule has 0 amide bonds. The van der Waals surface area contributed by atoms with Crippen LogP contribution in [0.25, 0.3) is 0 Å². The van der Waals surface area contributed by atoms with Crippen molar-refractivity contribution in [2.24, 2.45) is 11.8 Å². The van der Waals surface area contributed by atoms with Gasteiger partial charge in [0.25, 0.3) is 5.92 Å². The second-order valence-corrected chi connectivity index (χ2v) is 3.42. The van der Waals surface area contributed by atoms with Gasteiger partial charge in [-0.1, -0.05) is 0 Å². The van der Waals surface area contributed by atoms with Gasteiger partial charge in [-0.25, -0.2) is 8.78 Å². The monoisotopic (exact) mass is 162 g/mol. The Morgan fingerprint density at radius 1 is 1.09 bits per heavy atom. The van der Waals surface area contributed by atoms with Crippen molar-refractivity contribution in [3.8, 4) is 0 Å². The lowest BCUT2D eigenvalue weighted by Gasteiger charge is -2.33. The lowest BCUT2D eigenvalue weighted by molar-refractivity contribution is -0.0805. The summed E-state index contributed by atoms with van der Waals surface area (Å²) in [6.07, 6.45) is 0. The lowest BCUT2D eigenvalue weighted by Crippen LogP contribution is -2.50. The zero-order chi connectivity index (χ0) is 7.90. The molecule has 0 spiro atoms. The topological polar surface area (TPSA) is 24.1 Å². The minimum atomic E-state index is -2.49. The molecule has 2 saturated heterocycles. The Morgan fingerprint density at radius 3 is 2.55 bits per heavy atom. The third-order valence-electron chi connectivity index (χ3n) is 2.65. The minimum absolute atomic E-state index is 0.138. The average Bonchev–Trinajstić information content (AvgIpc) is 2.34. The van der Waals surface area contributed by atoms with E-state index in [1.54, 1.807) is 0 Å². The van der Waals surface area contributed by atoms with Gasteiger partial charge in [-0.05, 0) is 19.0 Å². The van der Waals surface area contributed by atoms with E-state index in [0.29, 0.717) is 6.54 Å². The molecule has 64 valence electrons. The third kappa shape index (κ3) is 1.14. The molecule has 0 aromatic rings. The first-order valence-corrected chi connectivity index (χ1v) is 3.99. The van der Waals surface area contributed by atoms with Crippen molar-refractivity contribution in [2.45, 2.75) is 5.92 Å². The maximum Gasteiger partial charge on any atom is 0.264 e. The highest BCUT2D eigenvalue weighted by atomic mass is 19.3. The first-order valence-electron chi connectivity index (χ1n) is 3.99. The highest BCUT2D eigenvalue weighted by Gasteiger charge is 2.48. The number of halogens is 2. The van der Waals surface area contributed by atoms with Gasteiger partial charge in [0.2, 0.25) is 0 Å². The van der Waals surface area contributed by atoms with E-state index in [1.165, 1.54) is 0 Å². The van der Waals surface area contributed by atoms with E-state index in [1.807, 2.05) is 0 Å². The van der Waals surface area contributed by atoms with Crippen LogP contribution in [-0.2, 0) is 0 Å². The first-order chi connectivity index (χ1) is 5.20. The van der Waals surface area contributed by atoms with Gasteiger partial charge in [0.05, 0.1) is 6.54 Å². The van der Waals surface area contributed by atoms with Crippen molar-refractivity contribution in [3.63, 3.8) is 0 Å². The summed E-state index contributed by atoms with van der Waals surface area (Å²) >= 11 is 0. The maximum absolute atomic E-state index is 13.1. The van der Waals surface area contributed by atoms with E-state index in [9.17, 15) is 8.78 Å². The summed E-state index contributed by atoms with van der Waals surface area (Å²) < 4.78 is 26.1. The van der Waals surface area contributed by atoms with Crippen molar-refractivity contribution in [1.82, 2.24) is 10.6 Å². The summed E-state index contributed by atoms with van der Waals surface area (Å²) in [6, 6.07) is 0. The van der Waals surface area contributed by atoms with Crippen LogP contribution in [0.15, 0.2) is 0 Å². The van der Waals surface area contributed by atoms with Crippen molar-refractivity contribution < 1.29 is 8.78 Å². The molecule has 0 aromatic heterocycles. The molecule has 11 heavy (non-hydrogen) atoms. The van der Waals surface area contributed by atoms with Crippen LogP contribution in [0.3, 0.4) is 0 Å². The van der Waals surface area contributed by atoms with Crippen molar-refractivity contribution in [3.05, 3.63) is 0 Å². The fourth-order valence-corrected chi connectivity index (χ4v) is 2.00. The molecule has 0 radical (unpaired) electrons. The normalized spacial score (nSPS) is 42.0. The summed E-state index contributed by atoms with van der Waals surface area (Å²) in [5.74, 6) is -2.78. The number of nitrogens with one attached hydrogen (secondary N) is 2. The molecule has 2 nitrogen and oxygen atoms in total. The molecule has 2 aliphatic heterocycles. The number of hydrogen-bond donors (Lipinski definition) is 2. The molecule has 2 atom stereocenters. The Morgan fingerprint density at radius 2 is 1.82 bits per heavy atom. The third-order valence-corrected chi connectivity index (χ3v) is 2.65. The Kier molecular flexibility index (Phi) is 1.61. The fraction of sp³-hybridized carbons (Fsp3) is 1.00. The Labute approximate surface area is 64.3 Å². The summed E-state index contributed by atoms with van der Waals surface area (Å²) in [6.45, 7) is 1.83. The second-order valence-electron chi connectivity index (χ2n) is 3.42. The van der Waals surface area contributed by atoms with Gasteiger partial charge in [-0.15, -0.1) is 0 Å². The number of hydrogen-bond acceptors (Lipinski definition) is 2. The molecular formula is C7H12F2N2. The van der Waals surface area contributed by atoms with Gasteiger partial charge in [0.15, 0.2) is 0 Å². The molecule has 0 unspecified atom stereocenters.